The lowest BCUT2D eigenvalue weighted by Gasteiger charge is -2.34. The lowest BCUT2D eigenvalue weighted by atomic mass is 10.0. The Labute approximate surface area is 284 Å². The summed E-state index contributed by atoms with van der Waals surface area (Å²) < 4.78 is 35.4. The molecule has 4 aromatic carbocycles. The molecule has 0 spiro atoms. The first-order valence-corrected chi connectivity index (χ1v) is 17.5. The first-order valence-electron chi connectivity index (χ1n) is 14.9. The van der Waals surface area contributed by atoms with Crippen LogP contribution in [0.1, 0.15) is 30.9 Å². The molecule has 0 radical (unpaired) electrons. The van der Waals surface area contributed by atoms with Crippen molar-refractivity contribution in [3.63, 3.8) is 0 Å². The van der Waals surface area contributed by atoms with Crippen LogP contribution in [0, 0.1) is 0 Å². The molecule has 1 atom stereocenters. The number of carbonyl (C=O) groups is 2. The van der Waals surface area contributed by atoms with E-state index in [-0.39, 0.29) is 29.5 Å². The van der Waals surface area contributed by atoms with Gasteiger partial charge in [0.15, 0.2) is 0 Å². The fourth-order valence-electron chi connectivity index (χ4n) is 4.93. The molecule has 8 nitrogen and oxygen atoms in total. The zero-order valence-corrected chi connectivity index (χ0v) is 28.9. The van der Waals surface area contributed by atoms with E-state index < -0.39 is 28.5 Å². The van der Waals surface area contributed by atoms with Crippen molar-refractivity contribution in [3.05, 3.63) is 124 Å². The number of ether oxygens (including phenoxy) is 1. The van der Waals surface area contributed by atoms with Gasteiger partial charge < -0.3 is 15.0 Å². The van der Waals surface area contributed by atoms with E-state index in [1.54, 1.807) is 30.3 Å². The van der Waals surface area contributed by atoms with E-state index in [2.05, 4.69) is 21.2 Å². The van der Waals surface area contributed by atoms with Gasteiger partial charge in [-0.25, -0.2) is 8.42 Å². The third kappa shape index (κ3) is 9.34. The summed E-state index contributed by atoms with van der Waals surface area (Å²) in [6.45, 7) is 1.99. The molecular formula is C35H37BrClN3O5S. The fraction of sp³-hybridized carbons (Fsp3) is 0.257. The summed E-state index contributed by atoms with van der Waals surface area (Å²) >= 11 is 9.80. The molecule has 0 saturated heterocycles. The fourth-order valence-corrected chi connectivity index (χ4v) is 6.96. The maximum absolute atomic E-state index is 14.5. The molecule has 4 aromatic rings. The van der Waals surface area contributed by atoms with Crippen LogP contribution < -0.4 is 14.4 Å². The van der Waals surface area contributed by atoms with E-state index in [1.807, 2.05) is 61.5 Å². The Morgan fingerprint density at radius 2 is 1.61 bits per heavy atom. The van der Waals surface area contributed by atoms with Crippen molar-refractivity contribution in [1.82, 2.24) is 10.2 Å². The van der Waals surface area contributed by atoms with E-state index >= 15 is 0 Å². The third-order valence-electron chi connectivity index (χ3n) is 7.37. The second kappa shape index (κ2) is 16.6. The molecule has 0 fully saturated rings. The Kier molecular flexibility index (Phi) is 12.7. The third-order valence-corrected chi connectivity index (χ3v) is 9.88. The van der Waals surface area contributed by atoms with Gasteiger partial charge in [0, 0.05) is 29.0 Å². The van der Waals surface area contributed by atoms with Crippen molar-refractivity contribution in [2.24, 2.45) is 0 Å². The number of nitrogens with zero attached hydrogens (tertiary/aromatic N) is 2. The molecule has 11 heteroatoms. The van der Waals surface area contributed by atoms with E-state index in [0.29, 0.717) is 17.3 Å². The van der Waals surface area contributed by atoms with E-state index in [9.17, 15) is 18.0 Å². The van der Waals surface area contributed by atoms with Crippen molar-refractivity contribution in [3.8, 4) is 5.75 Å². The zero-order chi connectivity index (χ0) is 33.1. The summed E-state index contributed by atoms with van der Waals surface area (Å²) in [4.78, 5) is 29.8. The Morgan fingerprint density at radius 1 is 0.913 bits per heavy atom. The number of hydrogen-bond acceptors (Lipinski definition) is 5. The standard InChI is InChI=1S/C35H37BrClN3O5S/c1-3-4-20-38-35(42)33(22-26-10-6-5-7-11-26)39(24-27-12-8-13-28(36)21-27)34(41)25-40(30-15-9-14-29(37)23-30)46(43,44)32-18-16-31(45-2)17-19-32/h5-19,21,23,33H,3-4,20,22,24-25H2,1-2H3,(H,38,42)/t33-/m0/s1. The van der Waals surface area contributed by atoms with Crippen molar-refractivity contribution in [1.29, 1.82) is 0 Å². The molecule has 1 N–H and O–H groups in total. The average Bonchev–Trinajstić information content (AvgIpc) is 3.05. The Balaban J connectivity index is 1.79. The number of anilines is 1. The van der Waals surface area contributed by atoms with Gasteiger partial charge in [0.2, 0.25) is 11.8 Å². The number of nitrogens with one attached hydrogen (secondary N) is 1. The molecule has 4 rings (SSSR count). The summed E-state index contributed by atoms with van der Waals surface area (Å²) in [5.41, 5.74) is 1.85. The highest BCUT2D eigenvalue weighted by Crippen LogP contribution is 2.28. The van der Waals surface area contributed by atoms with Crippen molar-refractivity contribution in [2.75, 3.05) is 24.5 Å². The van der Waals surface area contributed by atoms with Crippen molar-refractivity contribution in [2.45, 2.75) is 43.7 Å². The molecule has 0 heterocycles. The largest absolute Gasteiger partial charge is 0.497 e. The summed E-state index contributed by atoms with van der Waals surface area (Å²) in [6.07, 6.45) is 1.91. The van der Waals surface area contributed by atoms with E-state index in [4.69, 9.17) is 16.3 Å². The topological polar surface area (TPSA) is 96.0 Å². The second-order valence-electron chi connectivity index (χ2n) is 10.7. The molecule has 0 bridgehead atoms. The number of carbonyl (C=O) groups excluding carboxylic acids is 2. The minimum Gasteiger partial charge on any atom is -0.497 e. The lowest BCUT2D eigenvalue weighted by molar-refractivity contribution is -0.140. The number of benzene rings is 4. The predicted molar refractivity (Wildman–Crippen MR) is 186 cm³/mol. The zero-order valence-electron chi connectivity index (χ0n) is 25.7. The summed E-state index contributed by atoms with van der Waals surface area (Å²) in [5, 5.41) is 3.30. The highest BCUT2D eigenvalue weighted by atomic mass is 79.9. The summed E-state index contributed by atoms with van der Waals surface area (Å²) in [6, 6.07) is 28.2. The predicted octanol–water partition coefficient (Wildman–Crippen LogP) is 6.86. The number of amides is 2. The minimum atomic E-state index is -4.26. The van der Waals surface area contributed by atoms with Crippen molar-refractivity contribution < 1.29 is 22.7 Å². The number of sulfonamides is 1. The first-order chi connectivity index (χ1) is 22.1. The maximum atomic E-state index is 14.5. The van der Waals surface area contributed by atoms with Crippen LogP contribution in [0.5, 0.6) is 5.75 Å². The molecule has 0 unspecified atom stereocenters. The molecule has 2 amide bonds. The Morgan fingerprint density at radius 3 is 2.26 bits per heavy atom. The van der Waals surface area contributed by atoms with Crippen LogP contribution >= 0.6 is 27.5 Å². The number of rotatable bonds is 15. The van der Waals surface area contributed by atoms with E-state index in [0.717, 1.165) is 32.7 Å². The van der Waals surface area contributed by atoms with Crippen LogP contribution in [0.15, 0.2) is 112 Å². The highest BCUT2D eigenvalue weighted by molar-refractivity contribution is 9.10. The Hall–Kier alpha value is -3.86. The number of unbranched alkanes of at least 4 members (excludes halogenated alkanes) is 1. The van der Waals surface area contributed by atoms with Gasteiger partial charge in [-0.15, -0.1) is 0 Å². The SMILES string of the molecule is CCCCNC(=O)[C@H](Cc1ccccc1)N(Cc1cccc(Br)c1)C(=O)CN(c1cccc(Cl)c1)S(=O)(=O)c1ccc(OC)cc1. The second-order valence-corrected chi connectivity index (χ2v) is 13.9. The molecule has 0 aliphatic heterocycles. The van der Waals surface area contributed by atoms with Gasteiger partial charge in [-0.05, 0) is 72.1 Å². The maximum Gasteiger partial charge on any atom is 0.264 e. The van der Waals surface area contributed by atoms with Crippen LogP contribution in [0.3, 0.4) is 0 Å². The van der Waals surface area contributed by atoms with Gasteiger partial charge in [0.05, 0.1) is 17.7 Å². The summed E-state index contributed by atoms with van der Waals surface area (Å²) in [7, 11) is -2.77. The van der Waals surface area contributed by atoms with Crippen LogP contribution in [0.25, 0.3) is 0 Å². The molecule has 242 valence electrons. The quantitative estimate of drug-likeness (QED) is 0.135. The van der Waals surface area contributed by atoms with Crippen molar-refractivity contribution >= 4 is 55.1 Å². The van der Waals surface area contributed by atoms with Gasteiger partial charge in [-0.2, -0.15) is 0 Å². The van der Waals surface area contributed by atoms with Crippen LogP contribution in [0.4, 0.5) is 5.69 Å². The Bertz CT molecular complexity index is 1720. The van der Waals surface area contributed by atoms with Gasteiger partial charge in [0.1, 0.15) is 18.3 Å². The number of methoxy groups -OCH3 is 1. The highest BCUT2D eigenvalue weighted by Gasteiger charge is 2.34. The normalized spacial score (nSPS) is 11.8. The van der Waals surface area contributed by atoms with Gasteiger partial charge in [-0.3, -0.25) is 13.9 Å². The smallest absolute Gasteiger partial charge is 0.264 e. The van der Waals surface area contributed by atoms with Gasteiger partial charge >= 0.3 is 0 Å². The van der Waals surface area contributed by atoms with Crippen LogP contribution in [-0.4, -0.2) is 51.4 Å². The average molecular weight is 727 g/mol. The van der Waals surface area contributed by atoms with Gasteiger partial charge in [-0.1, -0.05) is 89.4 Å². The molecular weight excluding hydrogens is 690 g/mol. The molecule has 0 aliphatic rings. The molecule has 0 aromatic heterocycles. The lowest BCUT2D eigenvalue weighted by Crippen LogP contribution is -2.53. The summed E-state index contributed by atoms with van der Waals surface area (Å²) in [5.74, 6) is -0.376. The molecule has 0 saturated carbocycles. The van der Waals surface area contributed by atoms with E-state index in [1.165, 1.54) is 30.2 Å². The number of hydrogen-bond donors (Lipinski definition) is 1. The number of halogens is 2. The molecule has 0 aliphatic carbocycles. The molecule has 46 heavy (non-hydrogen) atoms. The van der Waals surface area contributed by atoms with Gasteiger partial charge in [0.25, 0.3) is 10.0 Å². The minimum absolute atomic E-state index is 0.0299. The van der Waals surface area contributed by atoms with Crippen LogP contribution in [0.2, 0.25) is 5.02 Å². The first kappa shape index (κ1) is 35.0. The van der Waals surface area contributed by atoms with Crippen LogP contribution in [-0.2, 0) is 32.6 Å². The monoisotopic (exact) mass is 725 g/mol.